The monoisotopic (exact) mass is 190 g/mol. The first-order chi connectivity index (χ1) is 6.53. The summed E-state index contributed by atoms with van der Waals surface area (Å²) in [4.78, 5) is 4.34. The fraction of sp³-hybridized carbons (Fsp3) is 0.583. The Morgan fingerprint density at radius 1 is 1.50 bits per heavy atom. The van der Waals surface area contributed by atoms with E-state index in [4.69, 9.17) is 5.73 Å². The van der Waals surface area contributed by atoms with Crippen LogP contribution in [0, 0.1) is 12.3 Å². The molecular weight excluding hydrogens is 172 g/mol. The first kappa shape index (κ1) is 9.66. The van der Waals surface area contributed by atoms with Crippen LogP contribution < -0.4 is 5.73 Å². The van der Waals surface area contributed by atoms with Crippen LogP contribution in [0.15, 0.2) is 18.3 Å². The highest BCUT2D eigenvalue weighted by Crippen LogP contribution is 2.63. The second kappa shape index (κ2) is 2.80. The van der Waals surface area contributed by atoms with E-state index in [1.807, 2.05) is 12.3 Å². The van der Waals surface area contributed by atoms with E-state index in [-0.39, 0.29) is 5.41 Å². The minimum absolute atomic E-state index is 0.186. The molecule has 1 fully saturated rings. The number of nitrogens with zero attached hydrogens (tertiary/aromatic N) is 1. The lowest BCUT2D eigenvalue weighted by atomic mass is 9.87. The molecule has 1 aliphatic carbocycles. The van der Waals surface area contributed by atoms with Crippen LogP contribution in [0.5, 0.6) is 0 Å². The Bertz CT molecular complexity index is 357. The molecule has 0 spiro atoms. The van der Waals surface area contributed by atoms with Gasteiger partial charge < -0.3 is 5.73 Å². The second-order valence-electron chi connectivity index (χ2n) is 4.98. The molecular formula is C12H18N2. The van der Waals surface area contributed by atoms with Crippen LogP contribution in [0.1, 0.15) is 31.5 Å². The summed E-state index contributed by atoms with van der Waals surface area (Å²) >= 11 is 0. The zero-order chi connectivity index (χ0) is 10.4. The summed E-state index contributed by atoms with van der Waals surface area (Å²) < 4.78 is 0. The van der Waals surface area contributed by atoms with Gasteiger partial charge in [0.1, 0.15) is 0 Å². The Morgan fingerprint density at radius 2 is 2.14 bits per heavy atom. The molecule has 1 heterocycles. The van der Waals surface area contributed by atoms with Gasteiger partial charge in [-0.1, -0.05) is 19.9 Å². The smallest absolute Gasteiger partial charge is 0.0410 e. The van der Waals surface area contributed by atoms with Crippen molar-refractivity contribution in [2.45, 2.75) is 32.6 Å². The molecule has 0 saturated heterocycles. The highest BCUT2D eigenvalue weighted by Gasteiger charge is 2.61. The van der Waals surface area contributed by atoms with Crippen molar-refractivity contribution < 1.29 is 0 Å². The Labute approximate surface area is 85.5 Å². The van der Waals surface area contributed by atoms with Crippen molar-refractivity contribution >= 4 is 0 Å². The molecule has 2 heteroatoms. The molecule has 2 rings (SSSR count). The summed E-state index contributed by atoms with van der Waals surface area (Å²) in [6, 6.07) is 4.18. The minimum Gasteiger partial charge on any atom is -0.330 e. The fourth-order valence-electron chi connectivity index (χ4n) is 2.62. The van der Waals surface area contributed by atoms with Gasteiger partial charge in [-0.05, 0) is 30.4 Å². The summed E-state index contributed by atoms with van der Waals surface area (Å²) in [5.41, 5.74) is 8.91. The molecule has 1 aliphatic rings. The number of hydrogen-bond donors (Lipinski definition) is 1. The summed E-state index contributed by atoms with van der Waals surface area (Å²) in [6.07, 6.45) is 3.03. The molecule has 1 atom stereocenters. The van der Waals surface area contributed by atoms with E-state index >= 15 is 0 Å². The summed E-state index contributed by atoms with van der Waals surface area (Å²) in [5, 5.41) is 0. The molecule has 0 aliphatic heterocycles. The van der Waals surface area contributed by atoms with Crippen molar-refractivity contribution in [3.05, 3.63) is 29.6 Å². The third-order valence-corrected chi connectivity index (χ3v) is 3.79. The second-order valence-corrected chi connectivity index (χ2v) is 4.98. The van der Waals surface area contributed by atoms with E-state index in [0.717, 1.165) is 12.2 Å². The third-order valence-electron chi connectivity index (χ3n) is 3.79. The van der Waals surface area contributed by atoms with E-state index in [0.29, 0.717) is 5.41 Å². The lowest BCUT2D eigenvalue weighted by Gasteiger charge is -2.20. The average Bonchev–Trinajstić information content (AvgIpc) is 2.70. The Morgan fingerprint density at radius 3 is 2.57 bits per heavy atom. The first-order valence-corrected chi connectivity index (χ1v) is 5.16. The maximum absolute atomic E-state index is 5.92. The van der Waals surface area contributed by atoms with Gasteiger partial charge in [0.25, 0.3) is 0 Å². The van der Waals surface area contributed by atoms with E-state index in [2.05, 4.69) is 31.8 Å². The van der Waals surface area contributed by atoms with Gasteiger partial charge in [-0.3, -0.25) is 4.98 Å². The maximum Gasteiger partial charge on any atom is 0.0410 e. The van der Waals surface area contributed by atoms with Gasteiger partial charge in [0.2, 0.25) is 0 Å². The lowest BCUT2D eigenvalue weighted by Crippen LogP contribution is -2.26. The van der Waals surface area contributed by atoms with Crippen LogP contribution >= 0.6 is 0 Å². The van der Waals surface area contributed by atoms with Gasteiger partial charge in [-0.25, -0.2) is 0 Å². The van der Waals surface area contributed by atoms with Gasteiger partial charge in [-0.2, -0.15) is 0 Å². The Kier molecular flexibility index (Phi) is 1.93. The summed E-state index contributed by atoms with van der Waals surface area (Å²) in [5.74, 6) is 0. The molecule has 0 bridgehead atoms. The molecule has 14 heavy (non-hydrogen) atoms. The standard InChI is InChI=1S/C12H18N2/c1-9-10(5-4-6-14-9)12(8-13)7-11(12,2)3/h4-6H,7-8,13H2,1-3H3. The SMILES string of the molecule is Cc1ncccc1C1(CN)CC1(C)C. The lowest BCUT2D eigenvalue weighted by molar-refractivity contribution is 0.499. The van der Waals surface area contributed by atoms with E-state index in [9.17, 15) is 0 Å². The Balaban J connectivity index is 2.46. The minimum atomic E-state index is 0.186. The zero-order valence-corrected chi connectivity index (χ0v) is 9.17. The molecule has 0 aromatic carbocycles. The van der Waals surface area contributed by atoms with Gasteiger partial charge in [0, 0.05) is 23.9 Å². The van der Waals surface area contributed by atoms with E-state index < -0.39 is 0 Å². The first-order valence-electron chi connectivity index (χ1n) is 5.16. The number of aromatic nitrogens is 1. The summed E-state index contributed by atoms with van der Waals surface area (Å²) in [7, 11) is 0. The Hall–Kier alpha value is -0.890. The highest BCUT2D eigenvalue weighted by atomic mass is 14.8. The molecule has 1 aromatic rings. The number of hydrogen-bond acceptors (Lipinski definition) is 2. The largest absolute Gasteiger partial charge is 0.330 e. The van der Waals surface area contributed by atoms with Crippen molar-refractivity contribution in [1.29, 1.82) is 0 Å². The van der Waals surface area contributed by atoms with Crippen molar-refractivity contribution in [1.82, 2.24) is 4.98 Å². The van der Waals surface area contributed by atoms with Gasteiger partial charge in [-0.15, -0.1) is 0 Å². The predicted molar refractivity (Wildman–Crippen MR) is 58.1 cm³/mol. The molecule has 1 aromatic heterocycles. The summed E-state index contributed by atoms with van der Waals surface area (Å²) in [6.45, 7) is 7.37. The fourth-order valence-corrected chi connectivity index (χ4v) is 2.62. The topological polar surface area (TPSA) is 38.9 Å². The van der Waals surface area contributed by atoms with Crippen LogP contribution in [0.3, 0.4) is 0 Å². The number of rotatable bonds is 2. The van der Waals surface area contributed by atoms with Crippen LogP contribution in [-0.4, -0.2) is 11.5 Å². The molecule has 0 radical (unpaired) electrons. The van der Waals surface area contributed by atoms with Crippen molar-refractivity contribution in [2.75, 3.05) is 6.54 Å². The number of nitrogens with two attached hydrogens (primary N) is 1. The molecule has 76 valence electrons. The van der Waals surface area contributed by atoms with Crippen LogP contribution in [0.25, 0.3) is 0 Å². The molecule has 2 N–H and O–H groups in total. The molecule has 1 unspecified atom stereocenters. The van der Waals surface area contributed by atoms with Gasteiger partial charge in [0.05, 0.1) is 0 Å². The number of pyridine rings is 1. The quantitative estimate of drug-likeness (QED) is 0.775. The maximum atomic E-state index is 5.92. The van der Waals surface area contributed by atoms with Crippen LogP contribution in [-0.2, 0) is 5.41 Å². The average molecular weight is 190 g/mol. The normalized spacial score (nSPS) is 28.9. The van der Waals surface area contributed by atoms with Crippen LogP contribution in [0.4, 0.5) is 0 Å². The van der Waals surface area contributed by atoms with Crippen molar-refractivity contribution in [2.24, 2.45) is 11.1 Å². The van der Waals surface area contributed by atoms with Crippen molar-refractivity contribution in [3.63, 3.8) is 0 Å². The van der Waals surface area contributed by atoms with Gasteiger partial charge >= 0.3 is 0 Å². The van der Waals surface area contributed by atoms with Gasteiger partial charge in [0.15, 0.2) is 0 Å². The van der Waals surface area contributed by atoms with Crippen molar-refractivity contribution in [3.8, 4) is 0 Å². The van der Waals surface area contributed by atoms with E-state index in [1.54, 1.807) is 0 Å². The molecule has 1 saturated carbocycles. The zero-order valence-electron chi connectivity index (χ0n) is 9.17. The molecule has 2 nitrogen and oxygen atoms in total. The number of aryl methyl sites for hydroxylation is 1. The third kappa shape index (κ3) is 1.10. The highest BCUT2D eigenvalue weighted by molar-refractivity contribution is 5.39. The predicted octanol–water partition coefficient (Wildman–Crippen LogP) is 2.02. The van der Waals surface area contributed by atoms with E-state index in [1.165, 1.54) is 12.0 Å². The molecule has 0 amide bonds. The van der Waals surface area contributed by atoms with Crippen LogP contribution in [0.2, 0.25) is 0 Å².